The predicted octanol–water partition coefficient (Wildman–Crippen LogP) is 3.27. The zero-order chi connectivity index (χ0) is 14.7. The molecule has 0 radical (unpaired) electrons. The summed E-state index contributed by atoms with van der Waals surface area (Å²) in [5, 5.41) is 7.05. The molecule has 0 atom stereocenters. The third-order valence-corrected chi connectivity index (χ3v) is 3.43. The Labute approximate surface area is 130 Å². The van der Waals surface area contributed by atoms with Gasteiger partial charge in [0.15, 0.2) is 0 Å². The van der Waals surface area contributed by atoms with Crippen molar-refractivity contribution in [1.82, 2.24) is 14.8 Å². The van der Waals surface area contributed by atoms with E-state index in [1.54, 1.807) is 23.1 Å². The number of hydrogen-bond donors (Lipinski definition) is 2. The minimum Gasteiger partial charge on any atom is -0.356 e. The quantitative estimate of drug-likeness (QED) is 0.762. The Kier molecular flexibility index (Phi) is 3.87. The molecule has 0 aliphatic heterocycles. The van der Waals surface area contributed by atoms with Gasteiger partial charge in [-0.25, -0.2) is 0 Å². The van der Waals surface area contributed by atoms with Crippen molar-refractivity contribution in [1.29, 1.82) is 0 Å². The molecule has 0 bridgehead atoms. The first kappa shape index (κ1) is 13.6. The van der Waals surface area contributed by atoms with Crippen molar-refractivity contribution in [3.63, 3.8) is 0 Å². The normalized spacial score (nSPS) is 10.5. The smallest absolute Gasteiger partial charge is 0.272 e. The molecule has 106 valence electrons. The zero-order valence-corrected chi connectivity index (χ0v) is 12.7. The Morgan fingerprint density at radius 3 is 2.86 bits per heavy atom. The highest BCUT2D eigenvalue weighted by atomic mass is 79.9. The summed E-state index contributed by atoms with van der Waals surface area (Å²) in [7, 11) is 0. The molecule has 0 saturated carbocycles. The number of nitrogens with one attached hydrogen (secondary N) is 2. The average molecular weight is 345 g/mol. The van der Waals surface area contributed by atoms with E-state index >= 15 is 0 Å². The number of carbonyl (C=O) groups is 1. The maximum Gasteiger partial charge on any atom is 0.272 e. The van der Waals surface area contributed by atoms with Gasteiger partial charge in [-0.3, -0.25) is 9.48 Å². The number of aromatic amines is 1. The van der Waals surface area contributed by atoms with Crippen LogP contribution in [0, 0.1) is 0 Å². The van der Waals surface area contributed by atoms with E-state index in [-0.39, 0.29) is 5.91 Å². The summed E-state index contributed by atoms with van der Waals surface area (Å²) in [6, 6.07) is 11.8. The summed E-state index contributed by atoms with van der Waals surface area (Å²) >= 11 is 3.30. The lowest BCUT2D eigenvalue weighted by atomic mass is 10.2. The lowest BCUT2D eigenvalue weighted by Crippen LogP contribution is -2.11. The number of halogens is 1. The second-order valence-electron chi connectivity index (χ2n) is 4.60. The predicted molar refractivity (Wildman–Crippen MR) is 84.2 cm³/mol. The van der Waals surface area contributed by atoms with Crippen LogP contribution in [0.2, 0.25) is 0 Å². The van der Waals surface area contributed by atoms with Gasteiger partial charge in [0.2, 0.25) is 0 Å². The fourth-order valence-corrected chi connectivity index (χ4v) is 2.33. The number of aromatic nitrogens is 3. The molecule has 0 fully saturated rings. The molecule has 1 amide bonds. The van der Waals surface area contributed by atoms with Gasteiger partial charge in [-0.2, -0.15) is 5.10 Å². The summed E-state index contributed by atoms with van der Waals surface area (Å²) in [5.74, 6) is -0.194. The first-order valence-electron chi connectivity index (χ1n) is 6.42. The minimum atomic E-state index is -0.194. The third kappa shape index (κ3) is 3.41. The van der Waals surface area contributed by atoms with Gasteiger partial charge in [-0.15, -0.1) is 0 Å². The maximum absolute atomic E-state index is 12.0. The van der Waals surface area contributed by atoms with E-state index in [0.717, 1.165) is 10.0 Å². The van der Waals surface area contributed by atoms with Crippen molar-refractivity contribution in [2.24, 2.45) is 0 Å². The molecule has 2 aromatic heterocycles. The molecule has 0 aliphatic rings. The standard InChI is InChI=1S/C15H13BrN4O/c16-12-6-14(17-7-12)15(21)19-13-8-18-20(10-13)9-11-4-2-1-3-5-11/h1-8,10,17H,9H2,(H,19,21). The van der Waals surface area contributed by atoms with Gasteiger partial charge < -0.3 is 10.3 Å². The van der Waals surface area contributed by atoms with E-state index in [1.807, 2.05) is 36.5 Å². The number of rotatable bonds is 4. The number of benzene rings is 1. The van der Waals surface area contributed by atoms with E-state index in [4.69, 9.17) is 0 Å². The van der Waals surface area contributed by atoms with Crippen molar-refractivity contribution >= 4 is 27.5 Å². The highest BCUT2D eigenvalue weighted by Crippen LogP contribution is 2.13. The zero-order valence-electron chi connectivity index (χ0n) is 11.1. The van der Waals surface area contributed by atoms with Crippen LogP contribution in [-0.4, -0.2) is 20.7 Å². The fraction of sp³-hybridized carbons (Fsp3) is 0.0667. The van der Waals surface area contributed by atoms with Crippen LogP contribution in [0.3, 0.4) is 0 Å². The van der Waals surface area contributed by atoms with Crippen molar-refractivity contribution in [3.8, 4) is 0 Å². The molecule has 21 heavy (non-hydrogen) atoms. The van der Waals surface area contributed by atoms with Crippen LogP contribution < -0.4 is 5.32 Å². The molecule has 2 heterocycles. The van der Waals surface area contributed by atoms with Crippen molar-refractivity contribution in [2.75, 3.05) is 5.32 Å². The second-order valence-corrected chi connectivity index (χ2v) is 5.51. The summed E-state index contributed by atoms with van der Waals surface area (Å²) in [6.07, 6.45) is 5.16. The Bertz CT molecular complexity index is 748. The molecule has 3 rings (SSSR count). The van der Waals surface area contributed by atoms with Gasteiger partial charge in [-0.1, -0.05) is 30.3 Å². The topological polar surface area (TPSA) is 62.7 Å². The van der Waals surface area contributed by atoms with Crippen LogP contribution in [-0.2, 0) is 6.54 Å². The summed E-state index contributed by atoms with van der Waals surface area (Å²) in [5.41, 5.74) is 2.33. The van der Waals surface area contributed by atoms with Crippen LogP contribution in [0.1, 0.15) is 16.1 Å². The van der Waals surface area contributed by atoms with E-state index in [2.05, 4.69) is 31.3 Å². The Morgan fingerprint density at radius 2 is 2.14 bits per heavy atom. The van der Waals surface area contributed by atoms with Gasteiger partial charge in [0.25, 0.3) is 5.91 Å². The van der Waals surface area contributed by atoms with Gasteiger partial charge in [0, 0.05) is 16.9 Å². The van der Waals surface area contributed by atoms with Crippen molar-refractivity contribution in [2.45, 2.75) is 6.54 Å². The Hall–Kier alpha value is -2.34. The molecule has 0 spiro atoms. The monoisotopic (exact) mass is 344 g/mol. The van der Waals surface area contributed by atoms with Crippen LogP contribution >= 0.6 is 15.9 Å². The Morgan fingerprint density at radius 1 is 1.33 bits per heavy atom. The van der Waals surface area contributed by atoms with Crippen LogP contribution in [0.15, 0.2) is 59.5 Å². The van der Waals surface area contributed by atoms with Gasteiger partial charge in [0.05, 0.1) is 18.4 Å². The van der Waals surface area contributed by atoms with Gasteiger partial charge >= 0.3 is 0 Å². The van der Waals surface area contributed by atoms with Crippen LogP contribution in [0.4, 0.5) is 5.69 Å². The minimum absolute atomic E-state index is 0.194. The molecule has 0 aliphatic carbocycles. The van der Waals surface area contributed by atoms with Crippen molar-refractivity contribution < 1.29 is 4.79 Å². The van der Waals surface area contributed by atoms with Gasteiger partial charge in [0.1, 0.15) is 5.69 Å². The van der Waals surface area contributed by atoms with E-state index in [0.29, 0.717) is 17.9 Å². The average Bonchev–Trinajstić information content (AvgIpc) is 3.09. The molecular formula is C15H13BrN4O. The van der Waals surface area contributed by atoms with Gasteiger partial charge in [-0.05, 0) is 27.6 Å². The summed E-state index contributed by atoms with van der Waals surface area (Å²) < 4.78 is 2.63. The first-order chi connectivity index (χ1) is 10.2. The Balaban J connectivity index is 1.66. The molecule has 1 aromatic carbocycles. The molecule has 2 N–H and O–H groups in total. The number of carbonyl (C=O) groups excluding carboxylic acids is 1. The number of nitrogens with zero attached hydrogens (tertiary/aromatic N) is 2. The van der Waals surface area contributed by atoms with Crippen LogP contribution in [0.25, 0.3) is 0 Å². The first-order valence-corrected chi connectivity index (χ1v) is 7.22. The fourth-order valence-electron chi connectivity index (χ4n) is 1.98. The lowest BCUT2D eigenvalue weighted by molar-refractivity contribution is 0.102. The molecule has 5 nitrogen and oxygen atoms in total. The van der Waals surface area contributed by atoms with Crippen molar-refractivity contribution in [3.05, 3.63) is 70.7 Å². The number of anilines is 1. The lowest BCUT2D eigenvalue weighted by Gasteiger charge is -2.01. The maximum atomic E-state index is 12.0. The number of amides is 1. The highest BCUT2D eigenvalue weighted by molar-refractivity contribution is 9.10. The molecule has 3 aromatic rings. The van der Waals surface area contributed by atoms with Crippen LogP contribution in [0.5, 0.6) is 0 Å². The summed E-state index contributed by atoms with van der Waals surface area (Å²) in [6.45, 7) is 0.671. The largest absolute Gasteiger partial charge is 0.356 e. The molecule has 0 unspecified atom stereocenters. The molecule has 6 heteroatoms. The van der Waals surface area contributed by atoms with E-state index < -0.39 is 0 Å². The third-order valence-electron chi connectivity index (χ3n) is 2.97. The van der Waals surface area contributed by atoms with E-state index in [1.165, 1.54) is 0 Å². The SMILES string of the molecule is O=C(Nc1cnn(Cc2ccccc2)c1)c1cc(Br)c[nH]1. The second kappa shape index (κ2) is 5.97. The molecular weight excluding hydrogens is 332 g/mol. The summed E-state index contributed by atoms with van der Waals surface area (Å²) in [4.78, 5) is 14.9. The van der Waals surface area contributed by atoms with E-state index in [9.17, 15) is 4.79 Å². The number of H-pyrrole nitrogens is 1. The number of hydrogen-bond acceptors (Lipinski definition) is 2. The molecule has 0 saturated heterocycles. The highest BCUT2D eigenvalue weighted by Gasteiger charge is 2.09.